The smallest absolute Gasteiger partial charge is 0.225 e. The highest BCUT2D eigenvalue weighted by atomic mass is 19.1. The van der Waals surface area contributed by atoms with Crippen molar-refractivity contribution in [1.29, 1.82) is 0 Å². The van der Waals surface area contributed by atoms with Crippen LogP contribution in [0.3, 0.4) is 0 Å². The fourth-order valence-electron chi connectivity index (χ4n) is 2.42. The molecule has 1 aliphatic heterocycles. The van der Waals surface area contributed by atoms with Gasteiger partial charge in [0.1, 0.15) is 5.82 Å². The van der Waals surface area contributed by atoms with Crippen LogP contribution >= 0.6 is 0 Å². The maximum absolute atomic E-state index is 13.0. The number of carbonyl (C=O) groups excluding carboxylic acids is 1. The summed E-state index contributed by atoms with van der Waals surface area (Å²) < 4.78 is 13.0. The second-order valence-electron chi connectivity index (χ2n) is 5.54. The highest BCUT2D eigenvalue weighted by Crippen LogP contribution is 2.15. The van der Waals surface area contributed by atoms with Crippen LogP contribution in [0.5, 0.6) is 0 Å². The number of piperidine rings is 1. The van der Waals surface area contributed by atoms with Gasteiger partial charge in [0.05, 0.1) is 0 Å². The second-order valence-corrected chi connectivity index (χ2v) is 5.54. The summed E-state index contributed by atoms with van der Waals surface area (Å²) in [5, 5.41) is 2.71. The Morgan fingerprint density at radius 1 is 1.55 bits per heavy atom. The number of hydrogen-bond acceptors (Lipinski definition) is 3. The maximum Gasteiger partial charge on any atom is 0.225 e. The van der Waals surface area contributed by atoms with Crippen molar-refractivity contribution in [2.75, 3.05) is 25.0 Å². The van der Waals surface area contributed by atoms with Crippen molar-refractivity contribution in [3.63, 3.8) is 0 Å². The van der Waals surface area contributed by atoms with Crippen LogP contribution in [0, 0.1) is 11.7 Å². The number of rotatable bonds is 4. The monoisotopic (exact) mass is 279 g/mol. The molecule has 0 saturated carbocycles. The van der Waals surface area contributed by atoms with E-state index < -0.39 is 0 Å². The molecule has 0 bridgehead atoms. The van der Waals surface area contributed by atoms with Crippen LogP contribution in [0.2, 0.25) is 0 Å². The highest BCUT2D eigenvalue weighted by Gasteiger charge is 2.23. The highest BCUT2D eigenvalue weighted by molar-refractivity contribution is 5.90. The van der Waals surface area contributed by atoms with E-state index in [0.29, 0.717) is 24.6 Å². The van der Waals surface area contributed by atoms with Crippen molar-refractivity contribution in [3.8, 4) is 0 Å². The predicted octanol–water partition coefficient (Wildman–Crippen LogP) is 1.82. The minimum Gasteiger partial charge on any atom is -0.326 e. The third-order valence-electron chi connectivity index (χ3n) is 3.86. The Balaban J connectivity index is 1.75. The van der Waals surface area contributed by atoms with Gasteiger partial charge in [-0.05, 0) is 37.1 Å². The lowest BCUT2D eigenvalue weighted by Crippen LogP contribution is -2.48. The molecule has 1 aromatic rings. The minimum atomic E-state index is -0.348. The molecule has 1 amide bonds. The molecular weight excluding hydrogens is 257 g/mol. The number of nitrogens with zero attached hydrogens (tertiary/aromatic N) is 1. The summed E-state index contributed by atoms with van der Waals surface area (Å²) in [7, 11) is 0. The largest absolute Gasteiger partial charge is 0.326 e. The molecule has 0 aliphatic carbocycles. The van der Waals surface area contributed by atoms with Crippen molar-refractivity contribution >= 4 is 11.6 Å². The van der Waals surface area contributed by atoms with E-state index >= 15 is 0 Å². The standard InChI is InChI=1S/C15H22FN3O/c1-11-5-7-19(10-14(11)17)8-6-15(20)18-13-4-2-3-12(16)9-13/h2-4,9,11,14H,5-8,10,17H2,1H3,(H,18,20). The average molecular weight is 279 g/mol. The van der Waals surface area contributed by atoms with Crippen molar-refractivity contribution in [1.82, 2.24) is 4.90 Å². The molecule has 110 valence electrons. The van der Waals surface area contributed by atoms with Gasteiger partial charge in [0.2, 0.25) is 5.91 Å². The Hall–Kier alpha value is -1.46. The number of amides is 1. The van der Waals surface area contributed by atoms with Gasteiger partial charge >= 0.3 is 0 Å². The van der Waals surface area contributed by atoms with E-state index in [2.05, 4.69) is 17.1 Å². The van der Waals surface area contributed by atoms with Gasteiger partial charge in [0.15, 0.2) is 0 Å². The molecule has 2 unspecified atom stereocenters. The summed E-state index contributed by atoms with van der Waals surface area (Å²) in [5.41, 5.74) is 6.53. The molecule has 5 heteroatoms. The van der Waals surface area contributed by atoms with E-state index in [1.807, 2.05) is 0 Å². The molecule has 0 radical (unpaired) electrons. The summed E-state index contributed by atoms with van der Waals surface area (Å²) >= 11 is 0. The average Bonchev–Trinajstić information content (AvgIpc) is 2.40. The summed E-state index contributed by atoms with van der Waals surface area (Å²) in [6.45, 7) is 4.69. The first-order valence-electron chi connectivity index (χ1n) is 7.08. The van der Waals surface area contributed by atoms with Crippen LogP contribution in [0.4, 0.5) is 10.1 Å². The van der Waals surface area contributed by atoms with Crippen molar-refractivity contribution in [2.45, 2.75) is 25.8 Å². The number of hydrogen-bond donors (Lipinski definition) is 2. The van der Waals surface area contributed by atoms with E-state index in [4.69, 9.17) is 5.73 Å². The van der Waals surface area contributed by atoms with Crippen LogP contribution in [-0.4, -0.2) is 36.5 Å². The Bertz CT molecular complexity index is 466. The molecule has 0 spiro atoms. The van der Waals surface area contributed by atoms with Gasteiger partial charge in [-0.1, -0.05) is 13.0 Å². The minimum absolute atomic E-state index is 0.0946. The van der Waals surface area contributed by atoms with Crippen molar-refractivity contribution < 1.29 is 9.18 Å². The number of halogens is 1. The van der Waals surface area contributed by atoms with E-state index in [1.54, 1.807) is 12.1 Å². The molecule has 1 aliphatic rings. The van der Waals surface area contributed by atoms with Gasteiger partial charge in [0.25, 0.3) is 0 Å². The predicted molar refractivity (Wildman–Crippen MR) is 77.8 cm³/mol. The van der Waals surface area contributed by atoms with Crippen molar-refractivity contribution in [3.05, 3.63) is 30.1 Å². The van der Waals surface area contributed by atoms with Crippen molar-refractivity contribution in [2.24, 2.45) is 11.7 Å². The Morgan fingerprint density at radius 3 is 3.05 bits per heavy atom. The third-order valence-corrected chi connectivity index (χ3v) is 3.86. The molecule has 1 fully saturated rings. The zero-order valence-corrected chi connectivity index (χ0v) is 11.8. The molecule has 1 heterocycles. The van der Waals surface area contributed by atoms with E-state index in [-0.39, 0.29) is 17.8 Å². The van der Waals surface area contributed by atoms with Gasteiger partial charge in [-0.15, -0.1) is 0 Å². The van der Waals surface area contributed by atoms with Crippen LogP contribution in [0.25, 0.3) is 0 Å². The van der Waals surface area contributed by atoms with Gasteiger partial charge in [-0.3, -0.25) is 4.79 Å². The normalized spacial score (nSPS) is 23.6. The van der Waals surface area contributed by atoms with Gasteiger partial charge in [-0.25, -0.2) is 4.39 Å². The second kappa shape index (κ2) is 6.81. The molecule has 2 rings (SSSR count). The lowest BCUT2D eigenvalue weighted by molar-refractivity contribution is -0.116. The first-order chi connectivity index (χ1) is 9.54. The first-order valence-corrected chi connectivity index (χ1v) is 7.08. The number of carbonyl (C=O) groups is 1. The van der Waals surface area contributed by atoms with Crippen LogP contribution < -0.4 is 11.1 Å². The topological polar surface area (TPSA) is 58.4 Å². The summed E-state index contributed by atoms with van der Waals surface area (Å²) in [4.78, 5) is 14.0. The fourth-order valence-corrected chi connectivity index (χ4v) is 2.42. The van der Waals surface area contributed by atoms with Crippen LogP contribution in [0.1, 0.15) is 19.8 Å². The number of anilines is 1. The van der Waals surface area contributed by atoms with Gasteiger partial charge in [-0.2, -0.15) is 0 Å². The SMILES string of the molecule is CC1CCN(CCC(=O)Nc2cccc(F)c2)CC1N. The van der Waals surface area contributed by atoms with Crippen LogP contribution in [-0.2, 0) is 4.79 Å². The van der Waals surface area contributed by atoms with Gasteiger partial charge < -0.3 is 16.0 Å². The summed E-state index contributed by atoms with van der Waals surface area (Å²) in [6, 6.07) is 6.12. The Morgan fingerprint density at radius 2 is 2.35 bits per heavy atom. The zero-order valence-electron chi connectivity index (χ0n) is 11.8. The Labute approximate surface area is 119 Å². The maximum atomic E-state index is 13.0. The lowest BCUT2D eigenvalue weighted by Gasteiger charge is -2.34. The van der Waals surface area contributed by atoms with E-state index in [1.165, 1.54) is 12.1 Å². The first kappa shape index (κ1) is 14.9. The summed E-state index contributed by atoms with van der Waals surface area (Å²) in [6.07, 6.45) is 1.48. The molecule has 1 aromatic carbocycles. The summed E-state index contributed by atoms with van der Waals surface area (Å²) in [5.74, 6) is 0.106. The molecule has 3 N–H and O–H groups in total. The lowest BCUT2D eigenvalue weighted by atomic mass is 9.94. The van der Waals surface area contributed by atoms with E-state index in [0.717, 1.165) is 19.5 Å². The molecule has 2 atom stereocenters. The number of likely N-dealkylation sites (tertiary alicyclic amines) is 1. The Kier molecular flexibility index (Phi) is 5.09. The fraction of sp³-hybridized carbons (Fsp3) is 0.533. The molecular formula is C15H22FN3O. The molecule has 1 saturated heterocycles. The van der Waals surface area contributed by atoms with Gasteiger partial charge in [0, 0.05) is 31.2 Å². The van der Waals surface area contributed by atoms with Crippen LogP contribution in [0.15, 0.2) is 24.3 Å². The molecule has 20 heavy (non-hydrogen) atoms. The zero-order chi connectivity index (χ0) is 14.5. The number of nitrogens with two attached hydrogens (primary N) is 1. The molecule has 0 aromatic heterocycles. The van der Waals surface area contributed by atoms with E-state index in [9.17, 15) is 9.18 Å². The quantitative estimate of drug-likeness (QED) is 0.884. The number of nitrogens with one attached hydrogen (secondary N) is 1. The number of benzene rings is 1. The third kappa shape index (κ3) is 4.28. The molecule has 4 nitrogen and oxygen atoms in total.